The van der Waals surface area contributed by atoms with Crippen molar-refractivity contribution in [1.82, 2.24) is 10.6 Å². The lowest BCUT2D eigenvalue weighted by Gasteiger charge is -2.26. The molecule has 0 saturated carbocycles. The van der Waals surface area contributed by atoms with Crippen molar-refractivity contribution in [3.05, 3.63) is 71.2 Å². The van der Waals surface area contributed by atoms with Crippen molar-refractivity contribution in [1.29, 1.82) is 0 Å². The predicted octanol–water partition coefficient (Wildman–Crippen LogP) is 3.05. The molecule has 0 fully saturated rings. The van der Waals surface area contributed by atoms with E-state index in [9.17, 15) is 34.2 Å². The normalized spacial score (nSPS) is 28.5. The fourth-order valence-electron chi connectivity index (χ4n) is 4.65. The number of methoxy groups -OCH3 is 1. The Morgan fingerprint density at radius 2 is 1.78 bits per heavy atom. The number of rotatable bonds is 6. The van der Waals surface area contributed by atoms with Gasteiger partial charge in [-0.15, -0.1) is 0 Å². The van der Waals surface area contributed by atoms with E-state index < -0.39 is 53.7 Å². The SMILES string of the molecule is CO[C@H]1/C=C/C=C/C=C(/OC(=O)[C@@H](C)NC(=O)CC(C)C)C[C@H](O)[C@H](C)[C@@H](O)/C(C)=C\CCC2=CC(=O)C=C(NC(=O)C1)C2=O. The molecule has 0 saturated heterocycles. The molecule has 0 radical (unpaired) electrons. The molecular weight excluding hydrogens is 580 g/mol. The lowest BCUT2D eigenvalue weighted by molar-refractivity contribution is -0.144. The number of hydrogen-bond donors (Lipinski definition) is 4. The lowest BCUT2D eigenvalue weighted by Crippen LogP contribution is -2.40. The summed E-state index contributed by atoms with van der Waals surface area (Å²) in [5, 5.41) is 27.1. The summed E-state index contributed by atoms with van der Waals surface area (Å²) in [4.78, 5) is 62.8. The molecule has 5 atom stereocenters. The maximum absolute atomic E-state index is 12.9. The van der Waals surface area contributed by atoms with Crippen LogP contribution < -0.4 is 10.6 Å². The molecule has 11 heteroatoms. The van der Waals surface area contributed by atoms with E-state index in [-0.39, 0.29) is 54.5 Å². The highest BCUT2D eigenvalue weighted by molar-refractivity contribution is 6.21. The molecule has 2 aliphatic rings. The number of fused-ring (bicyclic) bond motifs is 2. The van der Waals surface area contributed by atoms with Gasteiger partial charge in [-0.05, 0) is 50.3 Å². The van der Waals surface area contributed by atoms with Crippen molar-refractivity contribution < 1.29 is 43.7 Å². The average molecular weight is 627 g/mol. The maximum atomic E-state index is 12.9. The van der Waals surface area contributed by atoms with Gasteiger partial charge in [0.2, 0.25) is 17.6 Å². The number of aliphatic hydroxyl groups excluding tert-OH is 2. The minimum atomic E-state index is -1.12. The summed E-state index contributed by atoms with van der Waals surface area (Å²) in [5.41, 5.74) is 0.673. The third-order valence-corrected chi connectivity index (χ3v) is 7.35. The monoisotopic (exact) mass is 626 g/mol. The molecule has 4 N–H and O–H groups in total. The molecule has 0 aromatic rings. The maximum Gasteiger partial charge on any atom is 0.333 e. The van der Waals surface area contributed by atoms with E-state index in [1.54, 1.807) is 44.2 Å². The van der Waals surface area contributed by atoms with E-state index in [0.29, 0.717) is 12.0 Å². The lowest BCUT2D eigenvalue weighted by atomic mass is 9.89. The molecule has 1 aliphatic heterocycles. The quantitative estimate of drug-likeness (QED) is 0.197. The number of aliphatic hydroxyl groups is 2. The van der Waals surface area contributed by atoms with Crippen molar-refractivity contribution in [3.8, 4) is 0 Å². The summed E-state index contributed by atoms with van der Waals surface area (Å²) >= 11 is 0. The first-order chi connectivity index (χ1) is 21.2. The highest BCUT2D eigenvalue weighted by atomic mass is 16.5. The Bertz CT molecular complexity index is 1300. The second-order valence-corrected chi connectivity index (χ2v) is 11.8. The van der Waals surface area contributed by atoms with Gasteiger partial charge in [0.05, 0.1) is 30.4 Å². The first-order valence-electron chi connectivity index (χ1n) is 15.1. The molecule has 2 amide bonds. The highest BCUT2D eigenvalue weighted by Crippen LogP contribution is 2.24. The van der Waals surface area contributed by atoms with Crippen molar-refractivity contribution >= 4 is 29.4 Å². The number of ketones is 2. The molecule has 0 spiro atoms. The number of Topliss-reactive ketones (excluding diaryl/α,β-unsaturated/α-hetero) is 1. The van der Waals surface area contributed by atoms with E-state index in [0.717, 1.165) is 6.08 Å². The average Bonchev–Trinajstić information content (AvgIpc) is 2.96. The van der Waals surface area contributed by atoms with Crippen molar-refractivity contribution in [3.63, 3.8) is 0 Å². The van der Waals surface area contributed by atoms with Gasteiger partial charge in [0, 0.05) is 37.5 Å². The number of nitrogens with one attached hydrogen (secondary N) is 2. The molecule has 0 unspecified atom stereocenters. The van der Waals surface area contributed by atoms with Crippen molar-refractivity contribution in [2.75, 3.05) is 7.11 Å². The van der Waals surface area contributed by atoms with Crippen LogP contribution in [0.4, 0.5) is 0 Å². The molecule has 246 valence electrons. The molecule has 0 aromatic carbocycles. The Morgan fingerprint density at radius 1 is 1.07 bits per heavy atom. The van der Waals surface area contributed by atoms with Gasteiger partial charge in [-0.3, -0.25) is 19.2 Å². The Kier molecular flexibility index (Phi) is 15.0. The molecule has 1 aliphatic carbocycles. The molecule has 0 aromatic heterocycles. The number of allylic oxidation sites excluding steroid dienone is 8. The van der Waals surface area contributed by atoms with Crippen LogP contribution in [0.25, 0.3) is 0 Å². The molecule has 45 heavy (non-hydrogen) atoms. The number of amides is 2. The molecule has 2 rings (SSSR count). The van der Waals surface area contributed by atoms with Gasteiger partial charge in [0.1, 0.15) is 11.8 Å². The third-order valence-electron chi connectivity index (χ3n) is 7.35. The van der Waals surface area contributed by atoms with Gasteiger partial charge in [-0.1, -0.05) is 51.2 Å². The van der Waals surface area contributed by atoms with Crippen LogP contribution in [0.5, 0.6) is 0 Å². The Hall–Kier alpha value is -3.93. The van der Waals surface area contributed by atoms with Crippen LogP contribution in [0, 0.1) is 11.8 Å². The van der Waals surface area contributed by atoms with Gasteiger partial charge in [0.15, 0.2) is 5.78 Å². The van der Waals surface area contributed by atoms with Gasteiger partial charge < -0.3 is 30.3 Å². The number of hydrogen-bond acceptors (Lipinski definition) is 9. The van der Waals surface area contributed by atoms with E-state index in [4.69, 9.17) is 9.47 Å². The van der Waals surface area contributed by atoms with Gasteiger partial charge in [0.25, 0.3) is 0 Å². The summed E-state index contributed by atoms with van der Waals surface area (Å²) in [5.74, 6) is -2.83. The fraction of sp³-hybridized carbons (Fsp3) is 0.500. The fourth-order valence-corrected chi connectivity index (χ4v) is 4.65. The predicted molar refractivity (Wildman–Crippen MR) is 168 cm³/mol. The van der Waals surface area contributed by atoms with Crippen LogP contribution in [0.3, 0.4) is 0 Å². The van der Waals surface area contributed by atoms with Crippen LogP contribution in [-0.2, 0) is 33.4 Å². The first kappa shape index (κ1) is 37.3. The van der Waals surface area contributed by atoms with E-state index >= 15 is 0 Å². The van der Waals surface area contributed by atoms with E-state index in [1.807, 2.05) is 13.8 Å². The molecule has 1 heterocycles. The molecule has 2 bridgehead atoms. The summed E-state index contributed by atoms with van der Waals surface area (Å²) in [6, 6.07) is -0.933. The minimum Gasteiger partial charge on any atom is -0.429 e. The second-order valence-electron chi connectivity index (χ2n) is 11.8. The smallest absolute Gasteiger partial charge is 0.333 e. The first-order valence-corrected chi connectivity index (χ1v) is 15.1. The third kappa shape index (κ3) is 12.5. The van der Waals surface area contributed by atoms with Gasteiger partial charge in [-0.25, -0.2) is 4.79 Å². The zero-order valence-electron chi connectivity index (χ0n) is 26.9. The number of carbonyl (C=O) groups excluding carboxylic acids is 5. The van der Waals surface area contributed by atoms with Crippen LogP contribution in [0.15, 0.2) is 71.2 Å². The Balaban J connectivity index is 2.34. The van der Waals surface area contributed by atoms with E-state index in [2.05, 4.69) is 10.6 Å². The van der Waals surface area contributed by atoms with Gasteiger partial charge >= 0.3 is 5.97 Å². The number of carbonyl (C=O) groups is 5. The summed E-state index contributed by atoms with van der Waals surface area (Å²) in [7, 11) is 1.42. The standard InChI is InChI=1S/C34H46N2O9/c1-20(2)15-30(39)35-23(5)34(43)45-27-14-9-7-8-13-26(44-6)19-31(40)36-28-17-25(37)16-24(33(28)42)12-10-11-21(3)32(41)22(4)29(38)18-27/h7-9,11,13-14,16-17,20,22-23,26,29,32,38,41H,10,12,15,18-19H2,1-6H3,(H,35,39)(H,36,40)/b9-7+,13-8+,21-11-,27-14+/t22-,23+,26-,29-,32-/m0/s1. The topological polar surface area (TPSA) is 168 Å². The Labute approximate surface area is 264 Å². The largest absolute Gasteiger partial charge is 0.429 e. The minimum absolute atomic E-state index is 0.106. The molecule has 11 nitrogen and oxygen atoms in total. The van der Waals surface area contributed by atoms with E-state index in [1.165, 1.54) is 26.2 Å². The van der Waals surface area contributed by atoms with Crippen molar-refractivity contribution in [2.45, 2.75) is 91.1 Å². The van der Waals surface area contributed by atoms with Crippen LogP contribution in [0.2, 0.25) is 0 Å². The summed E-state index contributed by atoms with van der Waals surface area (Å²) in [6.45, 7) is 8.64. The zero-order valence-corrected chi connectivity index (χ0v) is 26.9. The second kappa shape index (κ2) is 18.1. The zero-order chi connectivity index (χ0) is 33.7. The Morgan fingerprint density at radius 3 is 2.44 bits per heavy atom. The summed E-state index contributed by atoms with van der Waals surface area (Å²) < 4.78 is 10.9. The molecular formula is C34H46N2O9. The highest BCUT2D eigenvalue weighted by Gasteiger charge is 2.28. The number of esters is 1. The van der Waals surface area contributed by atoms with Crippen molar-refractivity contribution in [2.24, 2.45) is 11.8 Å². The summed E-state index contributed by atoms with van der Waals surface area (Å²) in [6.07, 6.45) is 9.65. The van der Waals surface area contributed by atoms with Crippen LogP contribution in [0.1, 0.15) is 66.7 Å². The van der Waals surface area contributed by atoms with Crippen LogP contribution >= 0.6 is 0 Å². The van der Waals surface area contributed by atoms with Crippen LogP contribution in [-0.4, -0.2) is 71.0 Å². The van der Waals surface area contributed by atoms with Gasteiger partial charge in [-0.2, -0.15) is 0 Å². The number of ether oxygens (including phenoxy) is 2.